The number of thiophene rings is 1. The summed E-state index contributed by atoms with van der Waals surface area (Å²) in [5.41, 5.74) is 0.838. The van der Waals surface area contributed by atoms with Gasteiger partial charge >= 0.3 is 0 Å². The first-order valence-corrected chi connectivity index (χ1v) is 9.20. The van der Waals surface area contributed by atoms with Crippen LogP contribution in [0.1, 0.15) is 38.4 Å². The summed E-state index contributed by atoms with van der Waals surface area (Å²) >= 11 is 1.44. The highest BCUT2D eigenvalue weighted by Gasteiger charge is 2.23. The molecule has 1 aliphatic rings. The minimum atomic E-state index is -0.0160. The van der Waals surface area contributed by atoms with E-state index in [2.05, 4.69) is 15.5 Å². The Kier molecular flexibility index (Phi) is 3.84. The summed E-state index contributed by atoms with van der Waals surface area (Å²) in [5.74, 6) is 1.48. The highest BCUT2D eigenvalue weighted by atomic mass is 32.1. The number of aryl methyl sites for hydroxylation is 2. The molecule has 8 heteroatoms. The van der Waals surface area contributed by atoms with Gasteiger partial charge < -0.3 is 5.32 Å². The molecule has 0 bridgehead atoms. The van der Waals surface area contributed by atoms with Crippen molar-refractivity contribution in [2.75, 3.05) is 0 Å². The van der Waals surface area contributed by atoms with E-state index in [1.807, 2.05) is 22.8 Å². The van der Waals surface area contributed by atoms with E-state index < -0.39 is 0 Å². The monoisotopic (exact) mass is 345 g/mol. The first-order chi connectivity index (χ1) is 11.7. The van der Waals surface area contributed by atoms with Gasteiger partial charge in [0.05, 0.1) is 5.52 Å². The van der Waals surface area contributed by atoms with E-state index in [-0.39, 0.29) is 11.5 Å². The smallest absolute Gasteiger partial charge is 0.272 e. The summed E-state index contributed by atoms with van der Waals surface area (Å²) in [6.07, 6.45) is 4.07. The minimum absolute atomic E-state index is 0.0160. The lowest BCUT2D eigenvalue weighted by Gasteiger charge is -2.07. The van der Waals surface area contributed by atoms with Crippen LogP contribution in [0.5, 0.6) is 0 Å². The number of rotatable bonds is 6. The molecule has 1 N–H and O–H groups in total. The largest absolute Gasteiger partial charge is 0.353 e. The Morgan fingerprint density at radius 3 is 3.00 bits per heavy atom. The van der Waals surface area contributed by atoms with E-state index >= 15 is 0 Å². The summed E-state index contributed by atoms with van der Waals surface area (Å²) < 4.78 is 4.32. The third-order valence-electron chi connectivity index (χ3n) is 4.34. The topological polar surface area (TPSA) is 81.3 Å². The summed E-state index contributed by atoms with van der Waals surface area (Å²) in [5, 5.41) is 13.4. The Morgan fingerprint density at radius 2 is 2.25 bits per heavy atom. The van der Waals surface area contributed by atoms with E-state index in [0.717, 1.165) is 35.3 Å². The number of nitrogens with zero attached hydrogens (tertiary/aromatic N) is 4. The van der Waals surface area contributed by atoms with Gasteiger partial charge in [0.2, 0.25) is 11.7 Å². The average molecular weight is 345 g/mol. The number of carbonyl (C=O) groups excluding carboxylic acids is 1. The molecule has 126 valence electrons. The highest BCUT2D eigenvalue weighted by molar-refractivity contribution is 7.17. The molecule has 24 heavy (non-hydrogen) atoms. The second-order valence-electron chi connectivity index (χ2n) is 6.13. The van der Waals surface area contributed by atoms with Crippen molar-refractivity contribution in [2.45, 2.75) is 51.6 Å². The van der Waals surface area contributed by atoms with Crippen LogP contribution >= 0.6 is 11.3 Å². The number of aromatic nitrogens is 4. The quantitative estimate of drug-likeness (QED) is 0.738. The molecule has 1 saturated carbocycles. The van der Waals surface area contributed by atoms with Gasteiger partial charge in [0.1, 0.15) is 10.5 Å². The number of hydrogen-bond donors (Lipinski definition) is 1. The summed E-state index contributed by atoms with van der Waals surface area (Å²) in [6, 6.07) is 2.33. The second-order valence-corrected chi connectivity index (χ2v) is 7.05. The molecule has 0 radical (unpaired) electrons. The van der Waals surface area contributed by atoms with Crippen LogP contribution in [-0.4, -0.2) is 31.1 Å². The van der Waals surface area contributed by atoms with Crippen LogP contribution < -0.4 is 10.9 Å². The van der Waals surface area contributed by atoms with Crippen molar-refractivity contribution >= 4 is 33.2 Å². The maximum Gasteiger partial charge on any atom is 0.272 e. The van der Waals surface area contributed by atoms with Crippen LogP contribution in [0.2, 0.25) is 0 Å². The number of nitrogens with one attached hydrogen (secondary N) is 1. The summed E-state index contributed by atoms with van der Waals surface area (Å²) in [6.45, 7) is 2.48. The van der Waals surface area contributed by atoms with E-state index in [1.165, 1.54) is 11.3 Å². The SMILES string of the molecule is CCn1c(=O)c2sccc2n2c(CCCC(=O)NC3CC3)nnc12. The van der Waals surface area contributed by atoms with Crippen LogP contribution in [0.15, 0.2) is 16.2 Å². The molecular formula is C16H19N5O2S. The first-order valence-electron chi connectivity index (χ1n) is 8.32. The molecule has 3 aromatic heterocycles. The third-order valence-corrected chi connectivity index (χ3v) is 5.23. The normalized spacial score (nSPS) is 14.5. The van der Waals surface area contributed by atoms with Crippen molar-refractivity contribution in [3.05, 3.63) is 27.6 Å². The van der Waals surface area contributed by atoms with E-state index in [9.17, 15) is 9.59 Å². The first kappa shape index (κ1) is 15.3. The molecule has 1 amide bonds. The number of fused-ring (bicyclic) bond motifs is 3. The Bertz CT molecular complexity index is 966. The van der Waals surface area contributed by atoms with Gasteiger partial charge in [-0.1, -0.05) is 0 Å². The van der Waals surface area contributed by atoms with Crippen molar-refractivity contribution in [2.24, 2.45) is 0 Å². The van der Waals surface area contributed by atoms with Crippen molar-refractivity contribution < 1.29 is 4.79 Å². The van der Waals surface area contributed by atoms with Gasteiger partial charge in [-0.3, -0.25) is 18.6 Å². The van der Waals surface area contributed by atoms with Crippen LogP contribution in [0, 0.1) is 0 Å². The lowest BCUT2D eigenvalue weighted by atomic mass is 10.2. The fourth-order valence-electron chi connectivity index (χ4n) is 2.96. The predicted octanol–water partition coefficient (Wildman–Crippen LogP) is 1.73. The van der Waals surface area contributed by atoms with Gasteiger partial charge in [-0.2, -0.15) is 0 Å². The third kappa shape index (κ3) is 2.60. The summed E-state index contributed by atoms with van der Waals surface area (Å²) in [4.78, 5) is 24.3. The Labute approximate surface area is 142 Å². The van der Waals surface area contributed by atoms with Gasteiger partial charge in [0.25, 0.3) is 5.56 Å². The number of hydrogen-bond acceptors (Lipinski definition) is 5. The average Bonchev–Trinajstić information content (AvgIpc) is 3.08. The van der Waals surface area contributed by atoms with E-state index in [4.69, 9.17) is 0 Å². The van der Waals surface area contributed by atoms with Crippen LogP contribution in [0.25, 0.3) is 16.0 Å². The van der Waals surface area contributed by atoms with E-state index in [1.54, 1.807) is 4.57 Å². The van der Waals surface area contributed by atoms with Crippen molar-refractivity contribution in [1.29, 1.82) is 0 Å². The minimum Gasteiger partial charge on any atom is -0.353 e. The molecule has 0 atom stereocenters. The standard InChI is InChI=1S/C16H19N5O2S/c1-2-20-15(23)14-11(8-9-24-14)21-12(18-19-16(20)21)4-3-5-13(22)17-10-6-7-10/h8-10H,2-7H2,1H3,(H,17,22). The zero-order valence-electron chi connectivity index (χ0n) is 13.5. The van der Waals surface area contributed by atoms with Crippen LogP contribution in [0.3, 0.4) is 0 Å². The molecule has 0 saturated heterocycles. The lowest BCUT2D eigenvalue weighted by Crippen LogP contribution is -2.25. The second kappa shape index (κ2) is 6.01. The molecule has 0 spiro atoms. The molecule has 3 heterocycles. The van der Waals surface area contributed by atoms with Crippen molar-refractivity contribution in [1.82, 2.24) is 24.5 Å². The Balaban J connectivity index is 1.62. The highest BCUT2D eigenvalue weighted by Crippen LogP contribution is 2.21. The number of carbonyl (C=O) groups is 1. The van der Waals surface area contributed by atoms with Crippen LogP contribution in [0.4, 0.5) is 0 Å². The predicted molar refractivity (Wildman–Crippen MR) is 92.4 cm³/mol. The van der Waals surface area contributed by atoms with Gasteiger partial charge in [0, 0.05) is 25.4 Å². The molecule has 7 nitrogen and oxygen atoms in total. The Morgan fingerprint density at radius 1 is 1.42 bits per heavy atom. The lowest BCUT2D eigenvalue weighted by molar-refractivity contribution is -0.121. The molecule has 3 aromatic rings. The zero-order valence-corrected chi connectivity index (χ0v) is 14.3. The number of amides is 1. The van der Waals surface area contributed by atoms with Gasteiger partial charge in [-0.15, -0.1) is 21.5 Å². The fraction of sp³-hybridized carbons (Fsp3) is 0.500. The van der Waals surface area contributed by atoms with Gasteiger partial charge in [0.15, 0.2) is 0 Å². The summed E-state index contributed by atoms with van der Waals surface area (Å²) in [7, 11) is 0. The van der Waals surface area contributed by atoms with Gasteiger partial charge in [-0.25, -0.2) is 0 Å². The van der Waals surface area contributed by atoms with Crippen LogP contribution in [-0.2, 0) is 17.8 Å². The van der Waals surface area contributed by atoms with Crippen molar-refractivity contribution in [3.8, 4) is 0 Å². The zero-order chi connectivity index (χ0) is 16.7. The maximum absolute atomic E-state index is 12.5. The molecule has 0 unspecified atom stereocenters. The molecule has 0 aliphatic heterocycles. The molecule has 4 rings (SSSR count). The molecule has 0 aromatic carbocycles. The maximum atomic E-state index is 12.5. The van der Waals surface area contributed by atoms with Crippen molar-refractivity contribution in [3.63, 3.8) is 0 Å². The molecule has 1 aliphatic carbocycles. The van der Waals surface area contributed by atoms with Gasteiger partial charge in [-0.05, 0) is 37.6 Å². The van der Waals surface area contributed by atoms with E-state index in [0.29, 0.717) is 31.2 Å². The fourth-order valence-corrected chi connectivity index (χ4v) is 3.79. The molecule has 1 fully saturated rings. The Hall–Kier alpha value is -2.22. The molecular weight excluding hydrogens is 326 g/mol.